The van der Waals surface area contributed by atoms with E-state index >= 15 is 0 Å². The highest BCUT2D eigenvalue weighted by atomic mass is 35.5. The summed E-state index contributed by atoms with van der Waals surface area (Å²) in [6.07, 6.45) is -0.391. The van der Waals surface area contributed by atoms with Gasteiger partial charge >= 0.3 is 13.6 Å². The van der Waals surface area contributed by atoms with Gasteiger partial charge in [0, 0.05) is 68.0 Å². The minimum atomic E-state index is -3.93. The molecule has 15 heteroatoms. The zero-order valence-electron chi connectivity index (χ0n) is 18.1. The van der Waals surface area contributed by atoms with E-state index in [1.807, 2.05) is 0 Å². The van der Waals surface area contributed by atoms with Gasteiger partial charge in [-0.1, -0.05) is 0 Å². The van der Waals surface area contributed by atoms with Crippen LogP contribution in [0.4, 0.5) is 5.69 Å². The highest BCUT2D eigenvalue weighted by Gasteiger charge is 2.41. The Bertz CT molecular complexity index is 777. The number of pyridine rings is 1. The summed E-state index contributed by atoms with van der Waals surface area (Å²) in [4.78, 5) is 27.1. The monoisotopic (exact) mass is 566 g/mol. The molecular formula is C18H27Cl4N4O6P. The van der Waals surface area contributed by atoms with Crippen LogP contribution in [0.15, 0.2) is 18.3 Å². The number of halogens is 4. The van der Waals surface area contributed by atoms with Gasteiger partial charge in [-0.25, -0.2) is 9.34 Å². The van der Waals surface area contributed by atoms with Gasteiger partial charge in [-0.3, -0.25) is 29.0 Å². The minimum Gasteiger partial charge on any atom is -0.466 e. The molecule has 33 heavy (non-hydrogen) atoms. The molecule has 0 aromatic carbocycles. The molecule has 1 heterocycles. The molecule has 0 saturated heterocycles. The Morgan fingerprint density at radius 3 is 2.06 bits per heavy atom. The quantitative estimate of drug-likeness (QED) is 0.0870. The van der Waals surface area contributed by atoms with E-state index in [0.717, 1.165) is 6.07 Å². The van der Waals surface area contributed by atoms with Gasteiger partial charge < -0.3 is 4.74 Å². The zero-order chi connectivity index (χ0) is 24.9. The highest BCUT2D eigenvalue weighted by molar-refractivity contribution is 7.54. The second-order valence-electron chi connectivity index (χ2n) is 6.45. The van der Waals surface area contributed by atoms with Crippen LogP contribution in [0.5, 0.6) is 0 Å². The predicted molar refractivity (Wildman–Crippen MR) is 130 cm³/mol. The lowest BCUT2D eigenvalue weighted by molar-refractivity contribution is -0.385. The number of nitro groups is 1. The summed E-state index contributed by atoms with van der Waals surface area (Å²) in [5, 5.41) is 11.3. The van der Waals surface area contributed by atoms with Gasteiger partial charge in [0.2, 0.25) is 0 Å². The maximum atomic E-state index is 14.4. The summed E-state index contributed by atoms with van der Waals surface area (Å²) in [6.45, 7) is 2.36. The molecule has 10 nitrogen and oxygen atoms in total. The van der Waals surface area contributed by atoms with Crippen LogP contribution in [0.3, 0.4) is 0 Å². The molecule has 0 N–H and O–H groups in total. The molecule has 0 spiro atoms. The third-order valence-electron chi connectivity index (χ3n) is 4.31. The smallest absolute Gasteiger partial charge is 0.346 e. The van der Waals surface area contributed by atoms with E-state index in [9.17, 15) is 19.5 Å². The first-order chi connectivity index (χ1) is 15.8. The number of esters is 1. The molecule has 188 valence electrons. The van der Waals surface area contributed by atoms with Crippen LogP contribution in [0.25, 0.3) is 0 Å². The number of nitrogens with zero attached hydrogens (tertiary/aromatic N) is 4. The minimum absolute atomic E-state index is 0.0471. The van der Waals surface area contributed by atoms with E-state index in [1.54, 1.807) is 6.92 Å². The third kappa shape index (κ3) is 9.45. The highest BCUT2D eigenvalue weighted by Crippen LogP contribution is 2.57. The normalized spacial score (nSPS) is 12.8. The van der Waals surface area contributed by atoms with Gasteiger partial charge in [-0.05, 0) is 6.92 Å². The van der Waals surface area contributed by atoms with Crippen LogP contribution >= 0.6 is 54.1 Å². The molecule has 0 bridgehead atoms. The maximum absolute atomic E-state index is 14.4. The van der Waals surface area contributed by atoms with E-state index in [1.165, 1.54) is 21.6 Å². The average molecular weight is 568 g/mol. The van der Waals surface area contributed by atoms with Crippen LogP contribution in [0.2, 0.25) is 0 Å². The summed E-state index contributed by atoms with van der Waals surface area (Å²) < 4.78 is 28.5. The van der Waals surface area contributed by atoms with Crippen molar-refractivity contribution in [2.24, 2.45) is 0 Å². The number of hydrogen-bond acceptors (Lipinski definition) is 7. The van der Waals surface area contributed by atoms with Gasteiger partial charge in [-0.2, -0.15) is 0 Å². The number of aromatic nitrogens is 1. The lowest BCUT2D eigenvalue weighted by Gasteiger charge is -2.39. The van der Waals surface area contributed by atoms with E-state index < -0.39 is 24.7 Å². The number of ether oxygens (including phenoxy) is 1. The second kappa shape index (κ2) is 16.1. The van der Waals surface area contributed by atoms with Gasteiger partial charge in [0.1, 0.15) is 6.10 Å². The Hall–Kier alpha value is -0.710. The van der Waals surface area contributed by atoms with Crippen molar-refractivity contribution in [2.75, 3.05) is 56.3 Å². The first-order valence-electron chi connectivity index (χ1n) is 10.1. The van der Waals surface area contributed by atoms with Crippen molar-refractivity contribution in [3.63, 3.8) is 0 Å². The largest absolute Gasteiger partial charge is 0.466 e. The van der Waals surface area contributed by atoms with Crippen molar-refractivity contribution in [3.8, 4) is 0 Å². The number of rotatable bonds is 17. The van der Waals surface area contributed by atoms with Crippen molar-refractivity contribution in [3.05, 3.63) is 34.1 Å². The zero-order valence-corrected chi connectivity index (χ0v) is 22.0. The van der Waals surface area contributed by atoms with Gasteiger partial charge in [-0.15, -0.1) is 46.4 Å². The Morgan fingerprint density at radius 2 is 1.64 bits per heavy atom. The summed E-state index contributed by atoms with van der Waals surface area (Å²) in [5.74, 6) is -0.159. The van der Waals surface area contributed by atoms with Crippen molar-refractivity contribution in [2.45, 2.75) is 19.4 Å². The molecule has 0 radical (unpaired) electrons. The molecule has 0 saturated carbocycles. The van der Waals surface area contributed by atoms with E-state index in [4.69, 9.17) is 55.7 Å². The molecule has 1 rings (SSSR count). The van der Waals surface area contributed by atoms with Gasteiger partial charge in [0.05, 0.1) is 23.6 Å². The molecule has 0 amide bonds. The van der Waals surface area contributed by atoms with Crippen molar-refractivity contribution in [1.29, 1.82) is 0 Å². The third-order valence-corrected chi connectivity index (χ3v) is 7.75. The Kier molecular flexibility index (Phi) is 14.7. The fraction of sp³-hybridized carbons (Fsp3) is 0.667. The summed E-state index contributed by atoms with van der Waals surface area (Å²) in [6, 6.07) is 2.36. The molecular weight excluding hydrogens is 541 g/mol. The lowest BCUT2D eigenvalue weighted by atomic mass is 10.1. The van der Waals surface area contributed by atoms with E-state index in [2.05, 4.69) is 4.98 Å². The lowest BCUT2D eigenvalue weighted by Crippen LogP contribution is -2.38. The van der Waals surface area contributed by atoms with Crippen molar-refractivity contribution < 1.29 is 23.5 Å². The summed E-state index contributed by atoms with van der Waals surface area (Å²) in [7, 11) is -3.93. The number of hydrogen-bond donors (Lipinski definition) is 0. The predicted octanol–water partition coefficient (Wildman–Crippen LogP) is 4.67. The van der Waals surface area contributed by atoms with Crippen LogP contribution in [0.1, 0.15) is 25.1 Å². The van der Waals surface area contributed by atoms with Crippen molar-refractivity contribution in [1.82, 2.24) is 14.3 Å². The average Bonchev–Trinajstić information content (AvgIpc) is 2.78. The molecule has 0 aliphatic heterocycles. The van der Waals surface area contributed by atoms with Crippen LogP contribution in [-0.4, -0.2) is 81.5 Å². The topological polar surface area (TPSA) is 115 Å². The van der Waals surface area contributed by atoms with Crippen molar-refractivity contribution >= 4 is 65.7 Å². The molecule has 0 aliphatic rings. The van der Waals surface area contributed by atoms with Gasteiger partial charge in [0.25, 0.3) is 5.69 Å². The second-order valence-corrected chi connectivity index (χ2v) is 10.3. The SMILES string of the molecule is CCOC(=O)CC(OP(=O)(N(CCCl)CCCl)N(CCCl)CCCl)c1cc([N+](=O)[O-])ccn1. The first kappa shape index (κ1) is 30.3. The number of alkyl halides is 4. The maximum Gasteiger partial charge on any atom is 0.346 e. The van der Waals surface area contributed by atoms with Gasteiger partial charge in [0.15, 0.2) is 0 Å². The number of carbonyl (C=O) groups is 1. The first-order valence-corrected chi connectivity index (χ1v) is 13.7. The van der Waals surface area contributed by atoms with Crippen LogP contribution in [0, 0.1) is 10.1 Å². The Labute approximate surface area is 213 Å². The molecule has 1 aromatic heterocycles. The summed E-state index contributed by atoms with van der Waals surface area (Å²) in [5.41, 5.74) is -0.213. The Balaban J connectivity index is 3.54. The van der Waals surface area contributed by atoms with Crippen LogP contribution < -0.4 is 0 Å². The molecule has 0 aliphatic carbocycles. The van der Waals surface area contributed by atoms with E-state index in [0.29, 0.717) is 0 Å². The fourth-order valence-electron chi connectivity index (χ4n) is 2.89. The number of carbonyl (C=O) groups excluding carboxylic acids is 1. The fourth-order valence-corrected chi connectivity index (χ4v) is 6.73. The van der Waals surface area contributed by atoms with E-state index in [-0.39, 0.29) is 74.1 Å². The Morgan fingerprint density at radius 1 is 1.12 bits per heavy atom. The summed E-state index contributed by atoms with van der Waals surface area (Å²) >= 11 is 23.8. The molecule has 1 aromatic rings. The molecule has 1 atom stereocenters. The molecule has 1 unspecified atom stereocenters. The standard InChI is InChI=1S/C18H27Cl4N4O6P/c1-2-31-18(27)14-17(16-13-15(26(28)29)3-8-23-16)32-33(30,24(9-4-19)10-5-20)25(11-6-21)12-7-22/h3,8,13,17H,2,4-7,9-12,14H2,1H3. The van der Waals surface area contributed by atoms with Crippen LogP contribution in [-0.2, 0) is 18.6 Å². The molecule has 0 fully saturated rings.